The molecule has 2 aliphatic carbocycles. The van der Waals surface area contributed by atoms with E-state index in [0.717, 1.165) is 24.9 Å². The summed E-state index contributed by atoms with van der Waals surface area (Å²) in [5.41, 5.74) is 0. The highest BCUT2D eigenvalue weighted by molar-refractivity contribution is 4.86. The van der Waals surface area contributed by atoms with E-state index < -0.39 is 0 Å². The number of hydrogen-bond acceptors (Lipinski definition) is 3. The molecule has 0 heterocycles. The van der Waals surface area contributed by atoms with Crippen LogP contribution in [-0.2, 0) is 14.2 Å². The molecule has 0 aromatic rings. The summed E-state index contributed by atoms with van der Waals surface area (Å²) in [6, 6.07) is 0. The summed E-state index contributed by atoms with van der Waals surface area (Å²) in [6.45, 7) is 7.57. The minimum absolute atomic E-state index is 0.206. The van der Waals surface area contributed by atoms with Gasteiger partial charge in [0.2, 0.25) is 0 Å². The van der Waals surface area contributed by atoms with Crippen molar-refractivity contribution < 1.29 is 14.2 Å². The Balaban J connectivity index is 1.86. The van der Waals surface area contributed by atoms with Crippen molar-refractivity contribution in [3.05, 3.63) is 6.92 Å². The van der Waals surface area contributed by atoms with E-state index in [1.807, 2.05) is 0 Å². The molecule has 0 spiro atoms. The third-order valence-corrected chi connectivity index (χ3v) is 4.74. The fraction of sp³-hybridized carbons (Fsp3) is 0.941. The number of ether oxygens (including phenoxy) is 3. The van der Waals surface area contributed by atoms with Crippen molar-refractivity contribution in [3.8, 4) is 0 Å². The molecule has 0 bridgehead atoms. The van der Waals surface area contributed by atoms with Crippen LogP contribution in [0, 0.1) is 18.8 Å². The average Bonchev–Trinajstić information content (AvgIpc) is 2.50. The van der Waals surface area contributed by atoms with Crippen molar-refractivity contribution in [2.24, 2.45) is 11.8 Å². The summed E-state index contributed by atoms with van der Waals surface area (Å²) in [5, 5.41) is 0. The molecule has 20 heavy (non-hydrogen) atoms. The highest BCUT2D eigenvalue weighted by Gasteiger charge is 2.36. The smallest absolute Gasteiger partial charge is 0.181 e. The van der Waals surface area contributed by atoms with Gasteiger partial charge < -0.3 is 14.2 Å². The SMILES string of the molecule is [CH2]COCC(OCCC)OC1CCCC2CCCCC21. The van der Waals surface area contributed by atoms with Gasteiger partial charge in [0.15, 0.2) is 6.29 Å². The first-order chi connectivity index (χ1) is 9.85. The van der Waals surface area contributed by atoms with E-state index in [2.05, 4.69) is 13.8 Å². The Labute approximate surface area is 124 Å². The zero-order valence-electron chi connectivity index (χ0n) is 13.0. The zero-order chi connectivity index (χ0) is 14.2. The van der Waals surface area contributed by atoms with Gasteiger partial charge in [-0.05, 0) is 44.4 Å². The molecule has 4 atom stereocenters. The third-order valence-electron chi connectivity index (χ3n) is 4.74. The molecule has 3 heteroatoms. The van der Waals surface area contributed by atoms with Crippen molar-refractivity contribution in [2.45, 2.75) is 70.7 Å². The second-order valence-electron chi connectivity index (χ2n) is 6.19. The van der Waals surface area contributed by atoms with E-state index in [1.54, 1.807) is 0 Å². The van der Waals surface area contributed by atoms with Crippen LogP contribution in [0.1, 0.15) is 58.3 Å². The number of fused-ring (bicyclic) bond motifs is 1. The molecule has 0 amide bonds. The second kappa shape index (κ2) is 9.01. The minimum atomic E-state index is -0.206. The van der Waals surface area contributed by atoms with Gasteiger partial charge in [-0.25, -0.2) is 0 Å². The van der Waals surface area contributed by atoms with Crippen LogP contribution in [0.25, 0.3) is 0 Å². The Hall–Kier alpha value is -0.120. The molecular weight excluding hydrogens is 252 g/mol. The van der Waals surface area contributed by atoms with Crippen LogP contribution < -0.4 is 0 Å². The van der Waals surface area contributed by atoms with Gasteiger partial charge in [-0.1, -0.05) is 32.6 Å². The molecule has 2 rings (SSSR count). The normalized spacial score (nSPS) is 31.8. The Kier molecular flexibility index (Phi) is 7.32. The molecule has 2 aliphatic rings. The van der Waals surface area contributed by atoms with Gasteiger partial charge in [0.25, 0.3) is 0 Å². The summed E-state index contributed by atoms with van der Waals surface area (Å²) in [4.78, 5) is 0. The van der Waals surface area contributed by atoms with Crippen molar-refractivity contribution in [3.63, 3.8) is 0 Å². The lowest BCUT2D eigenvalue weighted by Gasteiger charge is -2.42. The molecule has 0 saturated heterocycles. The standard InChI is InChI=1S/C17H31O3/c1-3-12-19-17(13-18-4-2)20-16-11-7-9-14-8-5-6-10-15(14)16/h14-17H,2-13H2,1H3. The molecule has 0 aromatic heterocycles. The van der Waals surface area contributed by atoms with Crippen LogP contribution in [0.3, 0.4) is 0 Å². The number of rotatable bonds is 8. The van der Waals surface area contributed by atoms with E-state index >= 15 is 0 Å². The van der Waals surface area contributed by atoms with E-state index in [4.69, 9.17) is 14.2 Å². The van der Waals surface area contributed by atoms with Gasteiger partial charge in [0.05, 0.1) is 12.7 Å². The summed E-state index contributed by atoms with van der Waals surface area (Å²) in [5.74, 6) is 1.65. The Morgan fingerprint density at radius 2 is 1.90 bits per heavy atom. The lowest BCUT2D eigenvalue weighted by atomic mass is 9.69. The van der Waals surface area contributed by atoms with Gasteiger partial charge in [-0.2, -0.15) is 0 Å². The second-order valence-corrected chi connectivity index (χ2v) is 6.19. The summed E-state index contributed by atoms with van der Waals surface area (Å²) < 4.78 is 17.5. The minimum Gasteiger partial charge on any atom is -0.376 e. The molecule has 0 N–H and O–H groups in total. The molecule has 3 nitrogen and oxygen atoms in total. The summed E-state index contributed by atoms with van der Waals surface area (Å²) in [7, 11) is 0. The van der Waals surface area contributed by atoms with Crippen molar-refractivity contribution >= 4 is 0 Å². The quantitative estimate of drug-likeness (QED) is 0.631. The van der Waals surface area contributed by atoms with Crippen LogP contribution in [0.4, 0.5) is 0 Å². The van der Waals surface area contributed by atoms with Crippen LogP contribution in [0.2, 0.25) is 0 Å². The van der Waals surface area contributed by atoms with Crippen molar-refractivity contribution in [2.75, 3.05) is 19.8 Å². The molecule has 4 unspecified atom stereocenters. The van der Waals surface area contributed by atoms with Gasteiger partial charge >= 0.3 is 0 Å². The molecule has 0 aliphatic heterocycles. The monoisotopic (exact) mass is 283 g/mol. The lowest BCUT2D eigenvalue weighted by Crippen LogP contribution is -2.40. The molecule has 2 saturated carbocycles. The van der Waals surface area contributed by atoms with E-state index in [-0.39, 0.29) is 6.29 Å². The Morgan fingerprint density at radius 3 is 2.70 bits per heavy atom. The van der Waals surface area contributed by atoms with Gasteiger partial charge in [-0.3, -0.25) is 0 Å². The maximum atomic E-state index is 6.29. The predicted octanol–water partition coefficient (Wildman–Crippen LogP) is 3.97. The van der Waals surface area contributed by atoms with E-state index in [9.17, 15) is 0 Å². The van der Waals surface area contributed by atoms with Gasteiger partial charge in [0, 0.05) is 13.2 Å². The fourth-order valence-electron chi connectivity index (χ4n) is 3.80. The summed E-state index contributed by atoms with van der Waals surface area (Å²) in [6.07, 6.45) is 10.6. The largest absolute Gasteiger partial charge is 0.376 e. The first kappa shape index (κ1) is 16.3. The third kappa shape index (κ3) is 4.71. The van der Waals surface area contributed by atoms with Crippen LogP contribution >= 0.6 is 0 Å². The van der Waals surface area contributed by atoms with E-state index in [1.165, 1.54) is 44.9 Å². The average molecular weight is 283 g/mol. The number of hydrogen-bond donors (Lipinski definition) is 0. The van der Waals surface area contributed by atoms with Crippen molar-refractivity contribution in [1.82, 2.24) is 0 Å². The van der Waals surface area contributed by atoms with Crippen LogP contribution in [0.5, 0.6) is 0 Å². The molecule has 1 radical (unpaired) electrons. The lowest BCUT2D eigenvalue weighted by molar-refractivity contribution is -0.216. The van der Waals surface area contributed by atoms with E-state index in [0.29, 0.717) is 19.3 Å². The van der Waals surface area contributed by atoms with Gasteiger partial charge in [-0.15, -0.1) is 0 Å². The first-order valence-corrected chi connectivity index (χ1v) is 8.49. The van der Waals surface area contributed by atoms with Crippen LogP contribution in [0.15, 0.2) is 0 Å². The molecule has 2 fully saturated rings. The molecular formula is C17H31O3. The topological polar surface area (TPSA) is 27.7 Å². The van der Waals surface area contributed by atoms with Gasteiger partial charge in [0.1, 0.15) is 0 Å². The highest BCUT2D eigenvalue weighted by Crippen LogP contribution is 2.42. The maximum Gasteiger partial charge on any atom is 0.181 e. The zero-order valence-corrected chi connectivity index (χ0v) is 13.0. The Bertz CT molecular complexity index is 247. The maximum absolute atomic E-state index is 6.29. The fourth-order valence-corrected chi connectivity index (χ4v) is 3.80. The highest BCUT2D eigenvalue weighted by atomic mass is 16.7. The van der Waals surface area contributed by atoms with Crippen LogP contribution in [-0.4, -0.2) is 32.2 Å². The molecule has 117 valence electrons. The summed E-state index contributed by atoms with van der Waals surface area (Å²) >= 11 is 0. The molecule has 0 aromatic carbocycles. The predicted molar refractivity (Wildman–Crippen MR) is 80.4 cm³/mol. The Morgan fingerprint density at radius 1 is 1.10 bits per heavy atom. The van der Waals surface area contributed by atoms with Crippen molar-refractivity contribution in [1.29, 1.82) is 0 Å². The first-order valence-electron chi connectivity index (χ1n) is 8.49.